The van der Waals surface area contributed by atoms with Crippen molar-refractivity contribution in [3.63, 3.8) is 0 Å². The molecule has 2 aliphatic rings. The van der Waals surface area contributed by atoms with Crippen molar-refractivity contribution in [2.75, 3.05) is 0 Å². The zero-order valence-corrected chi connectivity index (χ0v) is 15.3. The van der Waals surface area contributed by atoms with Gasteiger partial charge < -0.3 is 6.42 Å². The first-order valence-corrected chi connectivity index (χ1v) is 5.09. The molecular formula is C12H18Cs-. The molecular weight excluding hydrogens is 277 g/mol. The Morgan fingerprint density at radius 2 is 2.08 bits per heavy atom. The average molecular weight is 295 g/mol. The van der Waals surface area contributed by atoms with Gasteiger partial charge in [0.1, 0.15) is 0 Å². The third-order valence-electron chi connectivity index (χ3n) is 3.55. The van der Waals surface area contributed by atoms with E-state index in [1.54, 1.807) is 5.57 Å². The van der Waals surface area contributed by atoms with E-state index >= 15 is 0 Å². The topological polar surface area (TPSA) is 0 Å². The minimum Gasteiger partial charge on any atom is -0.341 e. The smallest absolute Gasteiger partial charge is 0.341 e. The summed E-state index contributed by atoms with van der Waals surface area (Å²) in [6.07, 6.45) is 9.33. The van der Waals surface area contributed by atoms with Crippen LogP contribution in [0.5, 0.6) is 0 Å². The summed E-state index contributed by atoms with van der Waals surface area (Å²) in [4.78, 5) is 0. The molecule has 2 aliphatic carbocycles. The van der Waals surface area contributed by atoms with E-state index in [9.17, 15) is 0 Å². The van der Waals surface area contributed by atoms with Crippen LogP contribution in [0, 0.1) is 25.2 Å². The maximum atomic E-state index is 4.05. The van der Waals surface area contributed by atoms with Crippen molar-refractivity contribution in [1.82, 2.24) is 0 Å². The van der Waals surface area contributed by atoms with Crippen molar-refractivity contribution >= 4 is 0 Å². The van der Waals surface area contributed by atoms with Crippen LogP contribution < -0.4 is 68.9 Å². The van der Waals surface area contributed by atoms with Gasteiger partial charge in [-0.3, -0.25) is 0 Å². The van der Waals surface area contributed by atoms with Crippen LogP contribution in [-0.2, 0) is 0 Å². The van der Waals surface area contributed by atoms with Crippen molar-refractivity contribution in [3.05, 3.63) is 24.5 Å². The maximum Gasteiger partial charge on any atom is 1.00 e. The van der Waals surface area contributed by atoms with Gasteiger partial charge in [-0.1, -0.05) is 38.0 Å². The minimum atomic E-state index is 0. The van der Waals surface area contributed by atoms with Crippen LogP contribution in [0.3, 0.4) is 0 Å². The molecule has 0 aliphatic heterocycles. The van der Waals surface area contributed by atoms with Gasteiger partial charge in [-0.15, -0.1) is 0 Å². The Labute approximate surface area is 141 Å². The largest absolute Gasteiger partial charge is 1.00 e. The quantitative estimate of drug-likeness (QED) is 0.573. The van der Waals surface area contributed by atoms with Crippen molar-refractivity contribution in [3.8, 4) is 0 Å². The molecule has 0 aromatic heterocycles. The molecule has 2 saturated carbocycles. The number of rotatable bonds is 0. The molecule has 1 unspecified atom stereocenters. The Morgan fingerprint density at radius 3 is 2.62 bits per heavy atom. The molecule has 2 atom stereocenters. The van der Waals surface area contributed by atoms with Gasteiger partial charge in [0.15, 0.2) is 0 Å². The van der Waals surface area contributed by atoms with Crippen LogP contribution in [-0.4, -0.2) is 0 Å². The summed E-state index contributed by atoms with van der Waals surface area (Å²) in [7, 11) is 0. The fourth-order valence-corrected chi connectivity index (χ4v) is 2.44. The molecule has 0 nitrogen and oxygen atoms in total. The van der Waals surface area contributed by atoms with Gasteiger partial charge in [0.25, 0.3) is 0 Å². The number of fused-ring (bicyclic) bond motifs is 1. The van der Waals surface area contributed by atoms with Gasteiger partial charge in [0, 0.05) is 0 Å². The maximum absolute atomic E-state index is 4.05. The van der Waals surface area contributed by atoms with E-state index in [1.807, 2.05) is 0 Å². The van der Waals surface area contributed by atoms with E-state index in [0.29, 0.717) is 0 Å². The van der Waals surface area contributed by atoms with Crippen molar-refractivity contribution in [1.29, 1.82) is 0 Å². The summed E-state index contributed by atoms with van der Waals surface area (Å²) < 4.78 is 0. The summed E-state index contributed by atoms with van der Waals surface area (Å²) in [6, 6.07) is 0. The normalized spacial score (nSPS) is 36.4. The second-order valence-electron chi connectivity index (χ2n) is 4.41. The van der Waals surface area contributed by atoms with Crippen LogP contribution in [0.25, 0.3) is 0 Å². The zero-order valence-electron chi connectivity index (χ0n) is 8.97. The fourth-order valence-electron chi connectivity index (χ4n) is 2.44. The van der Waals surface area contributed by atoms with Crippen LogP contribution in [0.15, 0.2) is 11.1 Å². The van der Waals surface area contributed by atoms with Gasteiger partial charge in [0.05, 0.1) is 0 Å². The van der Waals surface area contributed by atoms with Gasteiger partial charge in [-0.25, -0.2) is 24.5 Å². The number of hydrogen-bond donors (Lipinski definition) is 0. The summed E-state index contributed by atoms with van der Waals surface area (Å²) in [5.74, 6) is 2.04. The molecule has 0 amide bonds. The van der Waals surface area contributed by atoms with E-state index in [1.165, 1.54) is 37.7 Å². The van der Waals surface area contributed by atoms with Gasteiger partial charge >= 0.3 is 68.9 Å². The van der Waals surface area contributed by atoms with E-state index < -0.39 is 0 Å². The van der Waals surface area contributed by atoms with Gasteiger partial charge in [-0.2, -0.15) is 6.42 Å². The monoisotopic (exact) mass is 295 g/mol. The zero-order chi connectivity index (χ0) is 8.55. The van der Waals surface area contributed by atoms with Crippen LogP contribution in [0.4, 0.5) is 0 Å². The second kappa shape index (κ2) is 5.67. The van der Waals surface area contributed by atoms with E-state index in [0.717, 1.165) is 11.8 Å². The first-order valence-electron chi connectivity index (χ1n) is 5.09. The number of hydrogen-bond acceptors (Lipinski definition) is 0. The molecule has 0 saturated heterocycles. The van der Waals surface area contributed by atoms with Crippen molar-refractivity contribution < 1.29 is 68.9 Å². The minimum absolute atomic E-state index is 0. The second-order valence-corrected chi connectivity index (χ2v) is 4.41. The summed E-state index contributed by atoms with van der Waals surface area (Å²) in [5.41, 5.74) is 2.93. The Hall–Kier alpha value is 1.66. The molecule has 13 heavy (non-hydrogen) atoms. The molecule has 0 heterocycles. The SMILES string of the molecule is [CH2-]C(C)=C1C[CH-]CC2CC[C@H]2C1.[Cs+]. The van der Waals surface area contributed by atoms with Gasteiger partial charge in [0.2, 0.25) is 0 Å². The van der Waals surface area contributed by atoms with Crippen molar-refractivity contribution in [2.24, 2.45) is 11.8 Å². The molecule has 0 aromatic carbocycles. The first kappa shape index (κ1) is 12.7. The summed E-state index contributed by atoms with van der Waals surface area (Å²) in [5, 5.41) is 0. The third-order valence-corrected chi connectivity index (χ3v) is 3.55. The fraction of sp³-hybridized carbons (Fsp3) is 0.667. The van der Waals surface area contributed by atoms with Crippen LogP contribution in [0.2, 0.25) is 0 Å². The Morgan fingerprint density at radius 1 is 1.38 bits per heavy atom. The molecule has 0 radical (unpaired) electrons. The molecule has 68 valence electrons. The predicted molar refractivity (Wildman–Crippen MR) is 52.4 cm³/mol. The summed E-state index contributed by atoms with van der Waals surface area (Å²) in [6.45, 7) is 6.20. The molecule has 0 N–H and O–H groups in total. The first-order chi connectivity index (χ1) is 5.77. The summed E-state index contributed by atoms with van der Waals surface area (Å²) >= 11 is 0. The molecule has 2 fully saturated rings. The predicted octanol–water partition coefficient (Wildman–Crippen LogP) is 0.555. The Bertz CT molecular complexity index is 201. The van der Waals surface area contributed by atoms with E-state index in [-0.39, 0.29) is 68.9 Å². The molecule has 2 rings (SSSR count). The molecule has 0 bridgehead atoms. The van der Waals surface area contributed by atoms with Gasteiger partial charge in [-0.05, 0) is 0 Å². The van der Waals surface area contributed by atoms with Crippen molar-refractivity contribution in [2.45, 2.75) is 39.0 Å². The third kappa shape index (κ3) is 3.05. The number of allylic oxidation sites excluding steroid dienone is 2. The average Bonchev–Trinajstić information content (AvgIpc) is 2.11. The van der Waals surface area contributed by atoms with Crippen LogP contribution in [0.1, 0.15) is 39.0 Å². The van der Waals surface area contributed by atoms with E-state index in [4.69, 9.17) is 0 Å². The molecule has 0 aromatic rings. The molecule has 0 spiro atoms. The van der Waals surface area contributed by atoms with Crippen LogP contribution >= 0.6 is 0 Å². The molecule has 1 heteroatoms. The Kier molecular flexibility index (Phi) is 5.55. The van der Waals surface area contributed by atoms with E-state index in [2.05, 4.69) is 20.3 Å². The Balaban J connectivity index is 0.000000845. The standard InChI is InChI=1S/C12H18.Cs/c1-9(2)11-5-3-4-10-6-7-12(10)8-11;/h3,10,12H,1,4-8H2,2H3;/q-2;+1/t10?,12-;/m0./s1.